The SMILES string of the molecule is CCNC(=O)[C@@H](C)N(Cc1ccc(Br)cc1)C(=O)CN(c1ccccc1)S(C)(=O)=O. The zero-order valence-corrected chi connectivity index (χ0v) is 19.6. The lowest BCUT2D eigenvalue weighted by Crippen LogP contribution is -2.51. The highest BCUT2D eigenvalue weighted by molar-refractivity contribution is 9.10. The molecule has 0 fully saturated rings. The third-order valence-electron chi connectivity index (χ3n) is 4.51. The molecule has 0 spiro atoms. The second-order valence-electron chi connectivity index (χ2n) is 6.82. The molecule has 1 atom stereocenters. The molecular formula is C21H26BrN3O4S. The molecule has 1 N–H and O–H groups in total. The number of benzene rings is 2. The Hall–Kier alpha value is -2.39. The predicted molar refractivity (Wildman–Crippen MR) is 121 cm³/mol. The first kappa shape index (κ1) is 23.9. The van der Waals surface area contributed by atoms with Gasteiger partial charge in [-0.1, -0.05) is 46.3 Å². The Balaban J connectivity index is 2.34. The summed E-state index contributed by atoms with van der Waals surface area (Å²) in [7, 11) is -3.70. The van der Waals surface area contributed by atoms with Gasteiger partial charge in [-0.25, -0.2) is 8.42 Å². The molecule has 0 aliphatic heterocycles. The van der Waals surface area contributed by atoms with Crippen LogP contribution in [0, 0.1) is 0 Å². The smallest absolute Gasteiger partial charge is 0.244 e. The molecule has 0 aliphatic rings. The van der Waals surface area contributed by atoms with Crippen molar-refractivity contribution in [3.63, 3.8) is 0 Å². The van der Waals surface area contributed by atoms with Crippen molar-refractivity contribution >= 4 is 43.5 Å². The molecule has 0 unspecified atom stereocenters. The Morgan fingerprint density at radius 3 is 2.20 bits per heavy atom. The van der Waals surface area contributed by atoms with Crippen LogP contribution >= 0.6 is 15.9 Å². The fourth-order valence-electron chi connectivity index (χ4n) is 2.90. The molecule has 0 radical (unpaired) electrons. The third-order valence-corrected chi connectivity index (χ3v) is 6.18. The average Bonchev–Trinajstić information content (AvgIpc) is 2.71. The van der Waals surface area contributed by atoms with Gasteiger partial charge < -0.3 is 10.2 Å². The summed E-state index contributed by atoms with van der Waals surface area (Å²) in [4.78, 5) is 27.1. The van der Waals surface area contributed by atoms with Gasteiger partial charge in [-0.05, 0) is 43.7 Å². The maximum Gasteiger partial charge on any atom is 0.244 e. The first-order chi connectivity index (χ1) is 14.1. The van der Waals surface area contributed by atoms with Crippen molar-refractivity contribution in [3.8, 4) is 0 Å². The lowest BCUT2D eigenvalue weighted by Gasteiger charge is -2.31. The topological polar surface area (TPSA) is 86.8 Å². The normalized spacial score (nSPS) is 12.1. The lowest BCUT2D eigenvalue weighted by atomic mass is 10.1. The Labute approximate surface area is 186 Å². The van der Waals surface area contributed by atoms with Crippen molar-refractivity contribution in [1.29, 1.82) is 0 Å². The second kappa shape index (κ2) is 10.6. The molecular weight excluding hydrogens is 470 g/mol. The van der Waals surface area contributed by atoms with E-state index in [0.29, 0.717) is 12.2 Å². The zero-order chi connectivity index (χ0) is 22.3. The minimum Gasteiger partial charge on any atom is -0.355 e. The monoisotopic (exact) mass is 495 g/mol. The van der Waals surface area contributed by atoms with Gasteiger partial charge in [0.05, 0.1) is 11.9 Å². The van der Waals surface area contributed by atoms with Crippen LogP contribution in [0.1, 0.15) is 19.4 Å². The number of sulfonamides is 1. The van der Waals surface area contributed by atoms with Crippen molar-refractivity contribution in [2.45, 2.75) is 26.4 Å². The van der Waals surface area contributed by atoms with Crippen LogP contribution in [0.3, 0.4) is 0 Å². The summed E-state index contributed by atoms with van der Waals surface area (Å²) in [5.41, 5.74) is 1.22. The number of nitrogens with zero attached hydrogens (tertiary/aromatic N) is 2. The fraction of sp³-hybridized carbons (Fsp3) is 0.333. The van der Waals surface area contributed by atoms with Crippen LogP contribution in [-0.2, 0) is 26.2 Å². The van der Waals surface area contributed by atoms with Crippen LogP contribution in [0.2, 0.25) is 0 Å². The van der Waals surface area contributed by atoms with E-state index in [4.69, 9.17) is 0 Å². The van der Waals surface area contributed by atoms with Crippen LogP contribution in [0.5, 0.6) is 0 Å². The molecule has 2 aromatic rings. The van der Waals surface area contributed by atoms with Gasteiger partial charge in [0.15, 0.2) is 0 Å². The van der Waals surface area contributed by atoms with E-state index in [9.17, 15) is 18.0 Å². The Morgan fingerprint density at radius 1 is 1.07 bits per heavy atom. The maximum absolute atomic E-state index is 13.2. The summed E-state index contributed by atoms with van der Waals surface area (Å²) in [6, 6.07) is 15.1. The highest BCUT2D eigenvalue weighted by Crippen LogP contribution is 2.19. The molecule has 7 nitrogen and oxygen atoms in total. The van der Waals surface area contributed by atoms with E-state index >= 15 is 0 Å². The number of rotatable bonds is 9. The summed E-state index contributed by atoms with van der Waals surface area (Å²) in [5.74, 6) is -0.764. The van der Waals surface area contributed by atoms with E-state index in [-0.39, 0.29) is 12.5 Å². The number of carbonyl (C=O) groups excluding carboxylic acids is 2. The zero-order valence-electron chi connectivity index (χ0n) is 17.2. The summed E-state index contributed by atoms with van der Waals surface area (Å²) in [5, 5.41) is 2.72. The molecule has 2 rings (SSSR count). The largest absolute Gasteiger partial charge is 0.355 e. The van der Waals surface area contributed by atoms with Gasteiger partial charge in [0.25, 0.3) is 0 Å². The molecule has 0 aliphatic carbocycles. The summed E-state index contributed by atoms with van der Waals surface area (Å²) < 4.78 is 26.7. The standard InChI is InChI=1S/C21H26BrN3O4S/c1-4-23-21(27)16(2)24(14-17-10-12-18(22)13-11-17)20(26)15-25(30(3,28)29)19-8-6-5-7-9-19/h5-13,16H,4,14-15H2,1-3H3,(H,23,27)/t16-/m1/s1. The first-order valence-electron chi connectivity index (χ1n) is 9.48. The molecule has 30 heavy (non-hydrogen) atoms. The maximum atomic E-state index is 13.2. The van der Waals surface area contributed by atoms with Gasteiger partial charge in [0.2, 0.25) is 21.8 Å². The predicted octanol–water partition coefficient (Wildman–Crippen LogP) is 2.77. The van der Waals surface area contributed by atoms with Crippen LogP contribution in [0.4, 0.5) is 5.69 Å². The second-order valence-corrected chi connectivity index (χ2v) is 9.65. The van der Waals surface area contributed by atoms with Crippen molar-refractivity contribution in [3.05, 3.63) is 64.6 Å². The molecule has 2 amide bonds. The molecule has 2 aromatic carbocycles. The number of hydrogen-bond acceptors (Lipinski definition) is 4. The van der Waals surface area contributed by atoms with Gasteiger partial charge in [0.1, 0.15) is 12.6 Å². The van der Waals surface area contributed by atoms with Gasteiger partial charge in [0, 0.05) is 17.6 Å². The Kier molecular flexibility index (Phi) is 8.43. The van der Waals surface area contributed by atoms with Crippen molar-refractivity contribution < 1.29 is 18.0 Å². The molecule has 0 saturated heterocycles. The van der Waals surface area contributed by atoms with Gasteiger partial charge in [-0.3, -0.25) is 13.9 Å². The molecule has 0 heterocycles. The highest BCUT2D eigenvalue weighted by atomic mass is 79.9. The number of carbonyl (C=O) groups is 2. The number of likely N-dealkylation sites (N-methyl/N-ethyl adjacent to an activating group) is 1. The molecule has 0 saturated carbocycles. The van der Waals surface area contributed by atoms with Crippen molar-refractivity contribution in [1.82, 2.24) is 10.2 Å². The van der Waals surface area contributed by atoms with Gasteiger partial charge in [-0.2, -0.15) is 0 Å². The third kappa shape index (κ3) is 6.56. The van der Waals surface area contributed by atoms with Gasteiger partial charge >= 0.3 is 0 Å². The number of amides is 2. The molecule has 0 bridgehead atoms. The van der Waals surface area contributed by atoms with E-state index in [1.54, 1.807) is 44.2 Å². The minimum absolute atomic E-state index is 0.177. The summed E-state index contributed by atoms with van der Waals surface area (Å²) in [6.07, 6.45) is 1.06. The summed E-state index contributed by atoms with van der Waals surface area (Å²) in [6.45, 7) is 3.64. The fourth-order valence-corrected chi connectivity index (χ4v) is 4.01. The number of nitrogens with one attached hydrogen (secondary N) is 1. The van der Waals surface area contributed by atoms with Crippen molar-refractivity contribution in [2.75, 3.05) is 23.7 Å². The van der Waals surface area contributed by atoms with Crippen LogP contribution in [-0.4, -0.2) is 50.5 Å². The minimum atomic E-state index is -3.70. The Morgan fingerprint density at radius 2 is 1.67 bits per heavy atom. The van der Waals surface area contributed by atoms with E-state index in [0.717, 1.165) is 20.6 Å². The van der Waals surface area contributed by atoms with E-state index in [1.165, 1.54) is 4.90 Å². The quantitative estimate of drug-likeness (QED) is 0.579. The number of anilines is 1. The molecule has 0 aromatic heterocycles. The van der Waals surface area contributed by atoms with Crippen molar-refractivity contribution in [2.24, 2.45) is 0 Å². The molecule has 162 valence electrons. The number of para-hydroxylation sites is 1. The number of hydrogen-bond donors (Lipinski definition) is 1. The van der Waals surface area contributed by atoms with E-state index in [2.05, 4.69) is 21.2 Å². The van der Waals surface area contributed by atoms with Crippen LogP contribution < -0.4 is 9.62 Å². The molecule has 9 heteroatoms. The number of halogens is 1. The van der Waals surface area contributed by atoms with Crippen LogP contribution in [0.25, 0.3) is 0 Å². The van der Waals surface area contributed by atoms with E-state index < -0.39 is 28.5 Å². The van der Waals surface area contributed by atoms with Crippen LogP contribution in [0.15, 0.2) is 59.1 Å². The van der Waals surface area contributed by atoms with E-state index in [1.807, 2.05) is 24.3 Å². The lowest BCUT2D eigenvalue weighted by molar-refractivity contribution is -0.139. The summed E-state index contributed by atoms with van der Waals surface area (Å²) >= 11 is 3.38. The Bertz CT molecular complexity index is 966. The first-order valence-corrected chi connectivity index (χ1v) is 12.1. The van der Waals surface area contributed by atoms with Gasteiger partial charge in [-0.15, -0.1) is 0 Å². The average molecular weight is 496 g/mol. The highest BCUT2D eigenvalue weighted by Gasteiger charge is 2.29.